The minimum atomic E-state index is -0.122. The first-order valence-electron chi connectivity index (χ1n) is 5.59. The van der Waals surface area contributed by atoms with Crippen LogP contribution in [0.2, 0.25) is 0 Å². The quantitative estimate of drug-likeness (QED) is 0.705. The van der Waals surface area contributed by atoms with Crippen LogP contribution in [0.25, 0.3) is 0 Å². The Labute approximate surface area is 95.4 Å². The summed E-state index contributed by atoms with van der Waals surface area (Å²) in [6, 6.07) is 7.89. The molecule has 1 heterocycles. The number of urea groups is 1. The van der Waals surface area contributed by atoms with Crippen LogP contribution in [-0.2, 0) is 0 Å². The van der Waals surface area contributed by atoms with Gasteiger partial charge in [-0.1, -0.05) is 18.2 Å². The van der Waals surface area contributed by atoms with Gasteiger partial charge in [0.1, 0.15) is 0 Å². The van der Waals surface area contributed by atoms with Crippen molar-refractivity contribution in [2.75, 3.05) is 18.4 Å². The van der Waals surface area contributed by atoms with Crippen LogP contribution in [0.1, 0.15) is 12.0 Å². The zero-order valence-electron chi connectivity index (χ0n) is 9.42. The van der Waals surface area contributed by atoms with E-state index in [4.69, 9.17) is 0 Å². The number of benzene rings is 1. The summed E-state index contributed by atoms with van der Waals surface area (Å²) in [4.78, 5) is 11.7. The molecule has 16 heavy (non-hydrogen) atoms. The van der Waals surface area contributed by atoms with Crippen LogP contribution in [0.5, 0.6) is 0 Å². The van der Waals surface area contributed by atoms with E-state index in [1.807, 2.05) is 31.2 Å². The second-order valence-corrected chi connectivity index (χ2v) is 4.10. The van der Waals surface area contributed by atoms with Gasteiger partial charge >= 0.3 is 6.03 Å². The van der Waals surface area contributed by atoms with Gasteiger partial charge in [0, 0.05) is 18.3 Å². The summed E-state index contributed by atoms with van der Waals surface area (Å²) >= 11 is 0. The fraction of sp³-hybridized carbons (Fsp3) is 0.417. The maximum Gasteiger partial charge on any atom is 0.319 e. The number of amides is 2. The standard InChI is InChI=1S/C12H17N3O/c1-9-4-2-3-5-11(9)15-12(16)14-10-6-7-13-8-10/h2-5,10,13H,6-8H2,1H3,(H2,14,15,16). The van der Waals surface area contributed by atoms with E-state index >= 15 is 0 Å². The molecule has 86 valence electrons. The third kappa shape index (κ3) is 2.73. The Morgan fingerprint density at radius 2 is 2.25 bits per heavy atom. The highest BCUT2D eigenvalue weighted by atomic mass is 16.2. The molecule has 0 bridgehead atoms. The molecule has 2 rings (SSSR count). The number of rotatable bonds is 2. The Balaban J connectivity index is 1.89. The molecule has 4 nitrogen and oxygen atoms in total. The Kier molecular flexibility index (Phi) is 3.41. The molecule has 1 fully saturated rings. The molecule has 1 aromatic carbocycles. The van der Waals surface area contributed by atoms with Gasteiger partial charge in [-0.25, -0.2) is 4.79 Å². The lowest BCUT2D eigenvalue weighted by atomic mass is 10.2. The zero-order valence-corrected chi connectivity index (χ0v) is 9.42. The highest BCUT2D eigenvalue weighted by molar-refractivity contribution is 5.90. The van der Waals surface area contributed by atoms with E-state index in [9.17, 15) is 4.79 Å². The van der Waals surface area contributed by atoms with Crippen molar-refractivity contribution in [2.45, 2.75) is 19.4 Å². The van der Waals surface area contributed by atoms with Crippen molar-refractivity contribution in [2.24, 2.45) is 0 Å². The van der Waals surface area contributed by atoms with E-state index in [1.54, 1.807) is 0 Å². The normalized spacial score (nSPS) is 19.4. The van der Waals surface area contributed by atoms with Gasteiger partial charge in [-0.2, -0.15) is 0 Å². The van der Waals surface area contributed by atoms with Gasteiger partial charge in [0.2, 0.25) is 0 Å². The summed E-state index contributed by atoms with van der Waals surface area (Å²) in [5.74, 6) is 0. The highest BCUT2D eigenvalue weighted by Gasteiger charge is 2.16. The van der Waals surface area contributed by atoms with Crippen LogP contribution in [0.4, 0.5) is 10.5 Å². The molecule has 1 saturated heterocycles. The van der Waals surface area contributed by atoms with Gasteiger partial charge in [-0.3, -0.25) is 0 Å². The second kappa shape index (κ2) is 4.99. The minimum Gasteiger partial charge on any atom is -0.334 e. The molecule has 0 radical (unpaired) electrons. The molecule has 4 heteroatoms. The zero-order chi connectivity index (χ0) is 11.4. The predicted octanol–water partition coefficient (Wildman–Crippen LogP) is 1.48. The smallest absolute Gasteiger partial charge is 0.319 e. The summed E-state index contributed by atoms with van der Waals surface area (Å²) in [7, 11) is 0. The number of carbonyl (C=O) groups excluding carboxylic acids is 1. The maximum atomic E-state index is 11.7. The molecule has 1 aliphatic heterocycles. The van der Waals surface area contributed by atoms with Gasteiger partial charge in [0.05, 0.1) is 0 Å². The van der Waals surface area contributed by atoms with Crippen molar-refractivity contribution in [3.63, 3.8) is 0 Å². The van der Waals surface area contributed by atoms with Crippen LogP contribution in [0.3, 0.4) is 0 Å². The van der Waals surface area contributed by atoms with Crippen molar-refractivity contribution in [1.29, 1.82) is 0 Å². The molecule has 1 aromatic rings. The van der Waals surface area contributed by atoms with E-state index in [2.05, 4.69) is 16.0 Å². The van der Waals surface area contributed by atoms with Crippen LogP contribution >= 0.6 is 0 Å². The largest absolute Gasteiger partial charge is 0.334 e. The van der Waals surface area contributed by atoms with Gasteiger partial charge in [-0.05, 0) is 31.5 Å². The summed E-state index contributed by atoms with van der Waals surface area (Å²) < 4.78 is 0. The maximum absolute atomic E-state index is 11.7. The summed E-state index contributed by atoms with van der Waals surface area (Å²) in [5, 5.41) is 9.01. The SMILES string of the molecule is Cc1ccccc1NC(=O)NC1CCNC1. The number of hydrogen-bond acceptors (Lipinski definition) is 2. The van der Waals surface area contributed by atoms with Gasteiger partial charge in [-0.15, -0.1) is 0 Å². The summed E-state index contributed by atoms with van der Waals surface area (Å²) in [5.41, 5.74) is 1.94. The fourth-order valence-electron chi connectivity index (χ4n) is 1.83. The number of para-hydroxylation sites is 1. The van der Waals surface area contributed by atoms with Crippen molar-refractivity contribution in [3.05, 3.63) is 29.8 Å². The van der Waals surface area contributed by atoms with Crippen molar-refractivity contribution >= 4 is 11.7 Å². The molecular weight excluding hydrogens is 202 g/mol. The molecule has 1 unspecified atom stereocenters. The lowest BCUT2D eigenvalue weighted by Gasteiger charge is -2.13. The van der Waals surface area contributed by atoms with Crippen LogP contribution < -0.4 is 16.0 Å². The van der Waals surface area contributed by atoms with Crippen molar-refractivity contribution in [3.8, 4) is 0 Å². The second-order valence-electron chi connectivity index (χ2n) is 4.10. The summed E-state index contributed by atoms with van der Waals surface area (Å²) in [6.45, 7) is 3.82. The molecule has 0 aromatic heterocycles. The molecule has 0 saturated carbocycles. The van der Waals surface area contributed by atoms with Gasteiger partial charge in [0.25, 0.3) is 0 Å². The predicted molar refractivity (Wildman–Crippen MR) is 64.6 cm³/mol. The number of nitrogens with one attached hydrogen (secondary N) is 3. The highest BCUT2D eigenvalue weighted by Crippen LogP contribution is 2.12. The Bertz CT molecular complexity index is 372. The molecule has 2 amide bonds. The molecular formula is C12H17N3O. The third-order valence-corrected chi connectivity index (χ3v) is 2.79. The summed E-state index contributed by atoms with van der Waals surface area (Å²) in [6.07, 6.45) is 1.00. The molecule has 1 atom stereocenters. The Morgan fingerprint density at radius 3 is 2.94 bits per heavy atom. The average molecular weight is 219 g/mol. The first-order valence-corrected chi connectivity index (χ1v) is 5.59. The number of anilines is 1. The number of carbonyl (C=O) groups is 1. The Morgan fingerprint density at radius 1 is 1.44 bits per heavy atom. The molecule has 1 aliphatic rings. The van der Waals surface area contributed by atoms with Crippen LogP contribution in [0.15, 0.2) is 24.3 Å². The fourth-order valence-corrected chi connectivity index (χ4v) is 1.83. The van der Waals surface area contributed by atoms with Crippen LogP contribution in [-0.4, -0.2) is 25.2 Å². The third-order valence-electron chi connectivity index (χ3n) is 2.79. The van der Waals surface area contributed by atoms with Gasteiger partial charge in [0.15, 0.2) is 0 Å². The lowest BCUT2D eigenvalue weighted by molar-refractivity contribution is 0.249. The lowest BCUT2D eigenvalue weighted by Crippen LogP contribution is -2.39. The topological polar surface area (TPSA) is 53.2 Å². The number of aryl methyl sites for hydroxylation is 1. The molecule has 3 N–H and O–H groups in total. The van der Waals surface area contributed by atoms with E-state index in [1.165, 1.54) is 0 Å². The molecule has 0 spiro atoms. The van der Waals surface area contributed by atoms with Crippen molar-refractivity contribution < 1.29 is 4.79 Å². The van der Waals surface area contributed by atoms with Crippen LogP contribution in [0, 0.1) is 6.92 Å². The van der Waals surface area contributed by atoms with E-state index in [0.717, 1.165) is 30.8 Å². The Hall–Kier alpha value is -1.55. The monoisotopic (exact) mass is 219 g/mol. The average Bonchev–Trinajstić information content (AvgIpc) is 2.74. The first-order chi connectivity index (χ1) is 7.75. The minimum absolute atomic E-state index is 0.122. The van der Waals surface area contributed by atoms with E-state index in [0.29, 0.717) is 0 Å². The van der Waals surface area contributed by atoms with E-state index < -0.39 is 0 Å². The first kappa shape index (κ1) is 11.0. The van der Waals surface area contributed by atoms with Crippen molar-refractivity contribution in [1.82, 2.24) is 10.6 Å². The number of hydrogen-bond donors (Lipinski definition) is 3. The van der Waals surface area contributed by atoms with E-state index in [-0.39, 0.29) is 12.1 Å². The van der Waals surface area contributed by atoms with Gasteiger partial charge < -0.3 is 16.0 Å². The molecule has 0 aliphatic carbocycles.